The van der Waals surface area contributed by atoms with Crippen LogP contribution in [0.15, 0.2) is 24.8 Å². The van der Waals surface area contributed by atoms with Gasteiger partial charge in [0, 0.05) is 43.5 Å². The monoisotopic (exact) mass is 436 g/mol. The summed E-state index contributed by atoms with van der Waals surface area (Å²) in [5.41, 5.74) is 0.889. The standard InChI is InChI=1S/C20H22Cl2N4O3/c1-3-8-29-15-5-4-14(21)18(22)17(15)13-9-16-23-24-19(26(16)11-13)12-6-7-25(10-12)20(27)28-2/h3-5,12-13H,1,6-11H2,2H3/t12?,13-/m1/s1. The minimum Gasteiger partial charge on any atom is -0.489 e. The maximum Gasteiger partial charge on any atom is 0.409 e. The van der Waals surface area contributed by atoms with Crippen molar-refractivity contribution in [3.63, 3.8) is 0 Å². The lowest BCUT2D eigenvalue weighted by atomic mass is 9.96. The van der Waals surface area contributed by atoms with Crippen molar-refractivity contribution in [3.05, 3.63) is 52.0 Å². The van der Waals surface area contributed by atoms with E-state index in [1.54, 1.807) is 17.0 Å². The summed E-state index contributed by atoms with van der Waals surface area (Å²) in [6.45, 7) is 6.02. The highest BCUT2D eigenvalue weighted by Gasteiger charge is 2.36. The molecule has 2 aliphatic rings. The lowest BCUT2D eigenvalue weighted by molar-refractivity contribution is 0.132. The second-order valence-corrected chi connectivity index (χ2v) is 8.05. The van der Waals surface area contributed by atoms with Crippen molar-refractivity contribution >= 4 is 29.3 Å². The Morgan fingerprint density at radius 1 is 1.31 bits per heavy atom. The summed E-state index contributed by atoms with van der Waals surface area (Å²) in [4.78, 5) is 13.5. The Morgan fingerprint density at radius 3 is 2.90 bits per heavy atom. The summed E-state index contributed by atoms with van der Waals surface area (Å²) >= 11 is 12.8. The van der Waals surface area contributed by atoms with E-state index in [9.17, 15) is 4.79 Å². The number of ether oxygens (including phenoxy) is 2. The third-order valence-corrected chi connectivity index (χ3v) is 6.35. The highest BCUT2D eigenvalue weighted by molar-refractivity contribution is 6.42. The van der Waals surface area contributed by atoms with Crippen LogP contribution >= 0.6 is 23.2 Å². The predicted molar refractivity (Wildman–Crippen MR) is 110 cm³/mol. The number of halogens is 2. The first kappa shape index (κ1) is 20.0. The predicted octanol–water partition coefficient (Wildman–Crippen LogP) is 4.05. The largest absolute Gasteiger partial charge is 0.489 e. The van der Waals surface area contributed by atoms with Gasteiger partial charge in [-0.05, 0) is 18.6 Å². The van der Waals surface area contributed by atoms with Crippen molar-refractivity contribution in [1.29, 1.82) is 0 Å². The van der Waals surface area contributed by atoms with E-state index in [1.807, 2.05) is 6.07 Å². The maximum atomic E-state index is 11.8. The van der Waals surface area contributed by atoms with Crippen LogP contribution < -0.4 is 4.74 Å². The Kier molecular flexibility index (Phi) is 5.69. The Morgan fingerprint density at radius 2 is 2.14 bits per heavy atom. The molecule has 2 aromatic rings. The van der Waals surface area contributed by atoms with Gasteiger partial charge in [0.25, 0.3) is 0 Å². The van der Waals surface area contributed by atoms with Crippen molar-refractivity contribution in [3.8, 4) is 5.75 Å². The van der Waals surface area contributed by atoms with E-state index in [0.29, 0.717) is 48.5 Å². The number of nitrogens with zero attached hydrogens (tertiary/aromatic N) is 4. The van der Waals surface area contributed by atoms with Crippen LogP contribution in [0.3, 0.4) is 0 Å². The number of amides is 1. The zero-order chi connectivity index (χ0) is 20.5. The molecular weight excluding hydrogens is 415 g/mol. The van der Waals surface area contributed by atoms with E-state index in [-0.39, 0.29) is 17.9 Å². The van der Waals surface area contributed by atoms with E-state index < -0.39 is 0 Å². The lowest BCUT2D eigenvalue weighted by Gasteiger charge is -2.19. The average Bonchev–Trinajstić information content (AvgIpc) is 3.43. The summed E-state index contributed by atoms with van der Waals surface area (Å²) in [6, 6.07) is 3.59. The topological polar surface area (TPSA) is 69.5 Å². The van der Waals surface area contributed by atoms with Crippen LogP contribution in [0.25, 0.3) is 0 Å². The number of rotatable bonds is 5. The van der Waals surface area contributed by atoms with E-state index >= 15 is 0 Å². The Hall–Kier alpha value is -2.25. The van der Waals surface area contributed by atoms with Gasteiger partial charge in [-0.1, -0.05) is 35.9 Å². The molecule has 9 heteroatoms. The number of aromatic nitrogens is 3. The van der Waals surface area contributed by atoms with Gasteiger partial charge in [-0.15, -0.1) is 10.2 Å². The van der Waals surface area contributed by atoms with E-state index in [2.05, 4.69) is 21.3 Å². The van der Waals surface area contributed by atoms with Gasteiger partial charge in [0.15, 0.2) is 0 Å². The van der Waals surface area contributed by atoms with Crippen molar-refractivity contribution in [2.75, 3.05) is 26.8 Å². The SMILES string of the molecule is C=CCOc1ccc(Cl)c(Cl)c1[C@@H]1Cc2nnc(C3CCN(C(=O)OC)C3)n2C1. The average molecular weight is 437 g/mol. The fourth-order valence-corrected chi connectivity index (χ4v) is 4.64. The van der Waals surface area contributed by atoms with Crippen molar-refractivity contribution in [2.45, 2.75) is 31.2 Å². The van der Waals surface area contributed by atoms with Gasteiger partial charge >= 0.3 is 6.09 Å². The Balaban J connectivity index is 1.58. The number of likely N-dealkylation sites (tertiary alicyclic amines) is 1. The fraction of sp³-hybridized carbons (Fsp3) is 0.450. The third kappa shape index (κ3) is 3.69. The molecule has 1 saturated heterocycles. The van der Waals surface area contributed by atoms with Gasteiger partial charge in [-0.2, -0.15) is 0 Å². The number of methoxy groups -OCH3 is 1. The highest BCUT2D eigenvalue weighted by atomic mass is 35.5. The van der Waals surface area contributed by atoms with Crippen molar-refractivity contribution in [2.24, 2.45) is 0 Å². The molecule has 29 heavy (non-hydrogen) atoms. The number of benzene rings is 1. The molecule has 3 heterocycles. The van der Waals surface area contributed by atoms with Crippen LogP contribution in [0, 0.1) is 0 Å². The van der Waals surface area contributed by atoms with E-state index in [1.165, 1.54) is 7.11 Å². The molecule has 1 unspecified atom stereocenters. The highest BCUT2D eigenvalue weighted by Crippen LogP contribution is 2.43. The summed E-state index contributed by atoms with van der Waals surface area (Å²) in [7, 11) is 1.40. The van der Waals surface area contributed by atoms with Gasteiger partial charge in [0.05, 0.1) is 17.2 Å². The third-order valence-electron chi connectivity index (χ3n) is 5.53. The molecule has 0 spiro atoms. The van der Waals surface area contributed by atoms with Gasteiger partial charge in [-0.3, -0.25) is 0 Å². The molecule has 4 rings (SSSR count). The zero-order valence-electron chi connectivity index (χ0n) is 16.1. The molecule has 1 aromatic carbocycles. The van der Waals surface area contributed by atoms with E-state index in [4.69, 9.17) is 32.7 Å². The molecule has 1 fully saturated rings. The van der Waals surface area contributed by atoms with Crippen molar-refractivity contribution in [1.82, 2.24) is 19.7 Å². The summed E-state index contributed by atoms with van der Waals surface area (Å²) in [5, 5.41) is 9.82. The second-order valence-electron chi connectivity index (χ2n) is 7.26. The number of hydrogen-bond donors (Lipinski definition) is 0. The molecular formula is C20H22Cl2N4O3. The van der Waals surface area contributed by atoms with E-state index in [0.717, 1.165) is 23.6 Å². The second kappa shape index (κ2) is 8.24. The van der Waals surface area contributed by atoms with Crippen LogP contribution in [-0.4, -0.2) is 52.6 Å². The summed E-state index contributed by atoms with van der Waals surface area (Å²) in [5.74, 6) is 2.75. The Labute approximate surface area is 179 Å². The molecule has 0 aliphatic carbocycles. The maximum absolute atomic E-state index is 11.8. The molecule has 7 nitrogen and oxygen atoms in total. The summed E-state index contributed by atoms with van der Waals surface area (Å²) in [6.07, 6.45) is 2.93. The van der Waals surface area contributed by atoms with Crippen LogP contribution in [0.1, 0.15) is 35.5 Å². The van der Waals surface area contributed by atoms with Crippen LogP contribution in [0.2, 0.25) is 10.0 Å². The first-order chi connectivity index (χ1) is 14.0. The number of hydrogen-bond acceptors (Lipinski definition) is 5. The van der Waals surface area contributed by atoms with Crippen LogP contribution in [0.5, 0.6) is 5.75 Å². The Bertz CT molecular complexity index is 946. The fourth-order valence-electron chi connectivity index (χ4n) is 4.17. The molecule has 0 radical (unpaired) electrons. The van der Waals surface area contributed by atoms with Gasteiger partial charge in [-0.25, -0.2) is 4.79 Å². The van der Waals surface area contributed by atoms with Gasteiger partial charge in [0.2, 0.25) is 0 Å². The first-order valence-electron chi connectivity index (χ1n) is 9.50. The number of carbonyl (C=O) groups is 1. The first-order valence-corrected chi connectivity index (χ1v) is 10.3. The number of fused-ring (bicyclic) bond motifs is 1. The van der Waals surface area contributed by atoms with Gasteiger partial charge in [0.1, 0.15) is 24.0 Å². The van der Waals surface area contributed by atoms with Crippen molar-refractivity contribution < 1.29 is 14.3 Å². The molecule has 1 aromatic heterocycles. The zero-order valence-corrected chi connectivity index (χ0v) is 17.6. The minimum absolute atomic E-state index is 0.0865. The smallest absolute Gasteiger partial charge is 0.409 e. The molecule has 0 N–H and O–H groups in total. The van der Waals surface area contributed by atoms with Gasteiger partial charge < -0.3 is 18.9 Å². The summed E-state index contributed by atoms with van der Waals surface area (Å²) < 4.78 is 12.8. The lowest BCUT2D eigenvalue weighted by Crippen LogP contribution is -2.28. The molecule has 1 amide bonds. The number of carbonyl (C=O) groups excluding carboxylic acids is 1. The van der Waals surface area contributed by atoms with Crippen LogP contribution in [-0.2, 0) is 17.7 Å². The minimum atomic E-state index is -0.304. The molecule has 2 aliphatic heterocycles. The molecule has 2 atom stereocenters. The quantitative estimate of drug-likeness (QED) is 0.661. The van der Waals surface area contributed by atoms with Crippen LogP contribution in [0.4, 0.5) is 4.79 Å². The molecule has 0 bridgehead atoms. The molecule has 154 valence electrons. The molecule has 0 saturated carbocycles. The normalized spacial score (nSPS) is 20.6.